The third kappa shape index (κ3) is 4.77. The maximum absolute atomic E-state index is 16.7. The van der Waals surface area contributed by atoms with Gasteiger partial charge in [-0.05, 0) is 47.5 Å². The summed E-state index contributed by atoms with van der Waals surface area (Å²) >= 11 is 0. The van der Waals surface area contributed by atoms with Crippen LogP contribution in [-0.2, 0) is 10.8 Å². The second kappa shape index (κ2) is 10.3. The summed E-state index contributed by atoms with van der Waals surface area (Å²) in [6.45, 7) is 13.0. The maximum atomic E-state index is 16.7. The summed E-state index contributed by atoms with van der Waals surface area (Å²) in [6.07, 6.45) is 1.31. The molecule has 0 aliphatic rings. The van der Waals surface area contributed by atoms with Crippen molar-refractivity contribution in [3.8, 4) is 22.6 Å². The maximum Gasteiger partial charge on any atom is 0.267 e. The van der Waals surface area contributed by atoms with E-state index in [0.717, 1.165) is 16.7 Å². The van der Waals surface area contributed by atoms with Crippen LogP contribution in [0.15, 0.2) is 81.0 Å². The van der Waals surface area contributed by atoms with Gasteiger partial charge >= 0.3 is 0 Å². The number of nitrogens with zero attached hydrogens (tertiary/aromatic N) is 3. The standard InChI is InChI=1S/C36H32F3N3O3/c1-19-9-8-10-20-17-26(36(5,6)7)42(33(43)28(19)20)32-24(37)14-13-23(31(32)39)22-12-11-21-18-25(35(2,3)4)41(27-15-16-45-40-27)34(44)29(21)30(22)38/h8-18H,1-7H3. The molecule has 0 atom stereocenters. The molecule has 6 aromatic rings. The largest absolute Gasteiger partial charge is 0.363 e. The smallest absolute Gasteiger partial charge is 0.267 e. The fourth-order valence-corrected chi connectivity index (χ4v) is 5.93. The lowest BCUT2D eigenvalue weighted by Gasteiger charge is -2.26. The molecule has 0 bridgehead atoms. The Balaban J connectivity index is 1.67. The van der Waals surface area contributed by atoms with Gasteiger partial charge in [0, 0.05) is 39.4 Å². The van der Waals surface area contributed by atoms with Crippen molar-refractivity contribution in [1.29, 1.82) is 0 Å². The molecule has 0 unspecified atom stereocenters. The molecular formula is C36H32F3N3O3. The minimum atomic E-state index is -1.13. The van der Waals surface area contributed by atoms with Crippen molar-refractivity contribution in [2.75, 3.05) is 0 Å². The van der Waals surface area contributed by atoms with Crippen LogP contribution in [-0.4, -0.2) is 14.3 Å². The Labute approximate surface area is 257 Å². The van der Waals surface area contributed by atoms with Crippen molar-refractivity contribution in [3.63, 3.8) is 0 Å². The molecule has 0 saturated carbocycles. The van der Waals surface area contributed by atoms with Gasteiger partial charge in [-0.15, -0.1) is 0 Å². The SMILES string of the molecule is Cc1cccc2cc(C(C)(C)C)n(-c3c(F)ccc(-c4ccc5cc(C(C)(C)C)n(-c6ccon6)c(=O)c5c4F)c3F)c(=O)c12. The van der Waals surface area contributed by atoms with E-state index in [4.69, 9.17) is 4.52 Å². The molecule has 0 aliphatic carbocycles. The van der Waals surface area contributed by atoms with E-state index >= 15 is 13.2 Å². The number of rotatable bonds is 3. The highest BCUT2D eigenvalue weighted by molar-refractivity contribution is 5.89. The van der Waals surface area contributed by atoms with Crippen molar-refractivity contribution in [3.05, 3.63) is 122 Å². The first kappa shape index (κ1) is 30.1. The molecular weight excluding hydrogens is 579 g/mol. The van der Waals surface area contributed by atoms with Gasteiger partial charge in [-0.25, -0.2) is 13.2 Å². The van der Waals surface area contributed by atoms with Crippen molar-refractivity contribution in [2.24, 2.45) is 0 Å². The first-order valence-corrected chi connectivity index (χ1v) is 14.6. The summed E-state index contributed by atoms with van der Waals surface area (Å²) in [5.41, 5.74) is -2.09. The highest BCUT2D eigenvalue weighted by atomic mass is 19.1. The molecule has 230 valence electrons. The van der Waals surface area contributed by atoms with E-state index in [1.807, 2.05) is 47.6 Å². The predicted octanol–water partition coefficient (Wildman–Crippen LogP) is 8.27. The molecule has 0 aliphatic heterocycles. The van der Waals surface area contributed by atoms with E-state index in [1.165, 1.54) is 29.0 Å². The van der Waals surface area contributed by atoms with Crippen molar-refractivity contribution in [1.82, 2.24) is 14.3 Å². The number of aromatic nitrogens is 3. The zero-order valence-corrected chi connectivity index (χ0v) is 26.1. The van der Waals surface area contributed by atoms with E-state index in [2.05, 4.69) is 5.16 Å². The Bertz CT molecular complexity index is 2270. The van der Waals surface area contributed by atoms with E-state index in [1.54, 1.807) is 31.2 Å². The number of halogens is 3. The second-order valence-electron chi connectivity index (χ2n) is 13.4. The molecule has 3 heterocycles. The van der Waals surface area contributed by atoms with Gasteiger partial charge in [0.1, 0.15) is 23.6 Å². The van der Waals surface area contributed by atoms with Crippen LogP contribution in [0.2, 0.25) is 0 Å². The number of pyridine rings is 2. The number of benzene rings is 3. The third-order valence-electron chi connectivity index (χ3n) is 8.15. The molecule has 3 aromatic heterocycles. The Morgan fingerprint density at radius 1 is 0.689 bits per heavy atom. The molecule has 3 aromatic carbocycles. The molecule has 0 N–H and O–H groups in total. The molecule has 0 amide bonds. The van der Waals surface area contributed by atoms with Crippen molar-refractivity contribution in [2.45, 2.75) is 59.3 Å². The summed E-state index contributed by atoms with van der Waals surface area (Å²) in [5.74, 6) is -2.92. The van der Waals surface area contributed by atoms with Crippen molar-refractivity contribution >= 4 is 21.5 Å². The Morgan fingerprint density at radius 2 is 1.27 bits per heavy atom. The van der Waals surface area contributed by atoms with Crippen LogP contribution < -0.4 is 11.1 Å². The number of aryl methyl sites for hydroxylation is 1. The lowest BCUT2D eigenvalue weighted by Crippen LogP contribution is -2.30. The highest BCUT2D eigenvalue weighted by Gasteiger charge is 2.29. The Hall–Kier alpha value is -4.92. The fourth-order valence-electron chi connectivity index (χ4n) is 5.93. The van der Waals surface area contributed by atoms with Gasteiger partial charge in [0.15, 0.2) is 11.6 Å². The quantitative estimate of drug-likeness (QED) is 0.202. The third-order valence-corrected chi connectivity index (χ3v) is 8.15. The van der Waals surface area contributed by atoms with Gasteiger partial charge in [0.05, 0.1) is 10.8 Å². The lowest BCUT2D eigenvalue weighted by atomic mass is 9.89. The number of hydrogen-bond acceptors (Lipinski definition) is 4. The molecule has 6 rings (SSSR count). The molecule has 45 heavy (non-hydrogen) atoms. The van der Waals surface area contributed by atoms with Crippen LogP contribution in [0.3, 0.4) is 0 Å². The normalized spacial score (nSPS) is 12.4. The molecule has 0 fully saturated rings. The summed E-state index contributed by atoms with van der Waals surface area (Å²) in [4.78, 5) is 27.9. The van der Waals surface area contributed by atoms with Crippen LogP contribution in [0.25, 0.3) is 44.2 Å². The fraction of sp³-hybridized carbons (Fsp3) is 0.250. The Morgan fingerprint density at radius 3 is 1.89 bits per heavy atom. The molecule has 0 saturated heterocycles. The zero-order chi connectivity index (χ0) is 32.6. The molecule has 0 spiro atoms. The lowest BCUT2D eigenvalue weighted by molar-refractivity contribution is 0.413. The molecule has 6 nitrogen and oxygen atoms in total. The highest BCUT2D eigenvalue weighted by Crippen LogP contribution is 2.36. The van der Waals surface area contributed by atoms with Gasteiger partial charge in [0.2, 0.25) is 0 Å². The van der Waals surface area contributed by atoms with E-state index < -0.39 is 45.1 Å². The van der Waals surface area contributed by atoms with Crippen LogP contribution in [0, 0.1) is 24.4 Å². The minimum Gasteiger partial charge on any atom is -0.363 e. The first-order chi connectivity index (χ1) is 21.1. The molecule has 0 radical (unpaired) electrons. The number of fused-ring (bicyclic) bond motifs is 2. The summed E-state index contributed by atoms with van der Waals surface area (Å²) in [5, 5.41) is 4.90. The van der Waals surface area contributed by atoms with E-state index in [0.29, 0.717) is 33.1 Å². The summed E-state index contributed by atoms with van der Waals surface area (Å²) < 4.78 is 56.2. The average Bonchev–Trinajstić information content (AvgIpc) is 3.48. The van der Waals surface area contributed by atoms with Crippen LogP contribution in [0.1, 0.15) is 58.5 Å². The van der Waals surface area contributed by atoms with Crippen LogP contribution in [0.4, 0.5) is 13.2 Å². The van der Waals surface area contributed by atoms with Gasteiger partial charge in [-0.2, -0.15) is 0 Å². The summed E-state index contributed by atoms with van der Waals surface area (Å²) in [7, 11) is 0. The predicted molar refractivity (Wildman–Crippen MR) is 170 cm³/mol. The van der Waals surface area contributed by atoms with E-state index in [9.17, 15) is 9.59 Å². The minimum absolute atomic E-state index is 0.174. The Kier molecular flexibility index (Phi) is 6.91. The average molecular weight is 612 g/mol. The second-order valence-corrected chi connectivity index (χ2v) is 13.4. The van der Waals surface area contributed by atoms with Gasteiger partial charge in [-0.1, -0.05) is 77.0 Å². The van der Waals surface area contributed by atoms with E-state index in [-0.39, 0.29) is 22.3 Å². The monoisotopic (exact) mass is 611 g/mol. The summed E-state index contributed by atoms with van der Waals surface area (Å²) in [6, 6.07) is 15.3. The zero-order valence-electron chi connectivity index (χ0n) is 26.1. The van der Waals surface area contributed by atoms with Crippen LogP contribution in [0.5, 0.6) is 0 Å². The van der Waals surface area contributed by atoms with Gasteiger partial charge in [0.25, 0.3) is 11.1 Å². The van der Waals surface area contributed by atoms with Gasteiger partial charge < -0.3 is 4.52 Å². The topological polar surface area (TPSA) is 70.0 Å². The number of hydrogen-bond donors (Lipinski definition) is 0. The first-order valence-electron chi connectivity index (χ1n) is 14.6. The van der Waals surface area contributed by atoms with Crippen LogP contribution >= 0.6 is 0 Å². The molecule has 9 heteroatoms. The van der Waals surface area contributed by atoms with Crippen molar-refractivity contribution < 1.29 is 17.7 Å². The van der Waals surface area contributed by atoms with Gasteiger partial charge in [-0.3, -0.25) is 18.7 Å².